The van der Waals surface area contributed by atoms with Gasteiger partial charge in [0.05, 0.1) is 5.69 Å². The zero-order chi connectivity index (χ0) is 14.5. The topological polar surface area (TPSA) is 29.9 Å². The molecule has 1 N–H and O–H groups in total. The lowest BCUT2D eigenvalue weighted by Crippen LogP contribution is -2.38. The minimum atomic E-state index is 0.601. The van der Waals surface area contributed by atoms with Crippen LogP contribution in [0.4, 0.5) is 0 Å². The van der Waals surface area contributed by atoms with E-state index in [1.54, 1.807) is 0 Å². The minimum Gasteiger partial charge on any atom is -0.316 e. The second-order valence-electron chi connectivity index (χ2n) is 6.43. The van der Waals surface area contributed by atoms with Crippen LogP contribution in [0.2, 0.25) is 0 Å². The van der Waals surface area contributed by atoms with Crippen molar-refractivity contribution in [3.05, 3.63) is 17.5 Å². The molecule has 1 aromatic heterocycles. The average Bonchev–Trinajstić information content (AvgIpc) is 2.87. The Labute approximate surface area is 124 Å². The maximum atomic E-state index is 4.68. The molecule has 2 rings (SSSR count). The molecule has 1 fully saturated rings. The molecule has 114 valence electrons. The van der Waals surface area contributed by atoms with Gasteiger partial charge in [-0.25, -0.2) is 0 Å². The van der Waals surface area contributed by atoms with Crippen molar-refractivity contribution in [3.8, 4) is 0 Å². The Morgan fingerprint density at radius 3 is 2.80 bits per heavy atom. The Bertz CT molecular complexity index is 410. The molecule has 1 aliphatic carbocycles. The SMILES string of the molecule is CCc1cc(CC(NC)C2CCCC(C)C2)n(CC)n1. The summed E-state index contributed by atoms with van der Waals surface area (Å²) in [5.74, 6) is 1.72. The van der Waals surface area contributed by atoms with Crippen LogP contribution >= 0.6 is 0 Å². The van der Waals surface area contributed by atoms with E-state index in [0.29, 0.717) is 6.04 Å². The van der Waals surface area contributed by atoms with Crippen molar-refractivity contribution in [2.24, 2.45) is 11.8 Å². The molecule has 1 heterocycles. The first-order valence-corrected chi connectivity index (χ1v) is 8.40. The van der Waals surface area contributed by atoms with Gasteiger partial charge in [0.15, 0.2) is 0 Å². The monoisotopic (exact) mass is 277 g/mol. The van der Waals surface area contributed by atoms with Gasteiger partial charge in [-0.3, -0.25) is 4.68 Å². The van der Waals surface area contributed by atoms with Gasteiger partial charge >= 0.3 is 0 Å². The van der Waals surface area contributed by atoms with Crippen LogP contribution in [-0.2, 0) is 19.4 Å². The van der Waals surface area contributed by atoms with E-state index in [2.05, 4.69) is 49.0 Å². The third kappa shape index (κ3) is 3.63. The maximum Gasteiger partial charge on any atom is 0.0624 e. The molecule has 3 nitrogen and oxygen atoms in total. The molecule has 0 amide bonds. The summed E-state index contributed by atoms with van der Waals surface area (Å²) in [5, 5.41) is 8.26. The Balaban J connectivity index is 2.07. The van der Waals surface area contributed by atoms with Gasteiger partial charge < -0.3 is 5.32 Å². The van der Waals surface area contributed by atoms with Gasteiger partial charge in [0.25, 0.3) is 0 Å². The lowest BCUT2D eigenvalue weighted by atomic mass is 9.77. The van der Waals surface area contributed by atoms with Gasteiger partial charge in [-0.05, 0) is 51.1 Å². The summed E-state index contributed by atoms with van der Waals surface area (Å²) >= 11 is 0. The van der Waals surface area contributed by atoms with Gasteiger partial charge in [0, 0.05) is 24.7 Å². The van der Waals surface area contributed by atoms with Crippen LogP contribution in [0.3, 0.4) is 0 Å². The number of nitrogens with one attached hydrogen (secondary N) is 1. The fraction of sp³-hybridized carbons (Fsp3) is 0.824. The number of hydrogen-bond acceptors (Lipinski definition) is 2. The fourth-order valence-electron chi connectivity index (χ4n) is 3.70. The summed E-state index contributed by atoms with van der Waals surface area (Å²) in [6.07, 6.45) is 7.74. The van der Waals surface area contributed by atoms with Gasteiger partial charge in [-0.1, -0.05) is 26.7 Å². The van der Waals surface area contributed by atoms with Crippen LogP contribution in [0.25, 0.3) is 0 Å². The highest BCUT2D eigenvalue weighted by atomic mass is 15.3. The normalized spacial score (nSPS) is 24.8. The molecular formula is C17H31N3. The van der Waals surface area contributed by atoms with E-state index >= 15 is 0 Å². The molecule has 0 saturated heterocycles. The van der Waals surface area contributed by atoms with Crippen molar-refractivity contribution >= 4 is 0 Å². The van der Waals surface area contributed by atoms with E-state index in [0.717, 1.165) is 31.2 Å². The fourth-order valence-corrected chi connectivity index (χ4v) is 3.70. The van der Waals surface area contributed by atoms with Crippen molar-refractivity contribution in [2.75, 3.05) is 7.05 Å². The summed E-state index contributed by atoms with van der Waals surface area (Å²) in [6, 6.07) is 2.91. The number of aryl methyl sites for hydroxylation is 2. The first-order valence-electron chi connectivity index (χ1n) is 8.40. The number of aromatic nitrogens is 2. The second-order valence-corrected chi connectivity index (χ2v) is 6.43. The summed E-state index contributed by atoms with van der Waals surface area (Å²) in [4.78, 5) is 0. The summed E-state index contributed by atoms with van der Waals surface area (Å²) in [7, 11) is 2.12. The van der Waals surface area contributed by atoms with Gasteiger partial charge in [0.2, 0.25) is 0 Å². The predicted molar refractivity (Wildman–Crippen MR) is 85.0 cm³/mol. The van der Waals surface area contributed by atoms with E-state index < -0.39 is 0 Å². The lowest BCUT2D eigenvalue weighted by molar-refractivity contribution is 0.225. The molecule has 0 radical (unpaired) electrons. The quantitative estimate of drug-likeness (QED) is 0.863. The van der Waals surface area contributed by atoms with Crippen LogP contribution < -0.4 is 5.32 Å². The summed E-state index contributed by atoms with van der Waals surface area (Å²) in [5.41, 5.74) is 2.63. The zero-order valence-electron chi connectivity index (χ0n) is 13.7. The molecule has 0 bridgehead atoms. The third-order valence-electron chi connectivity index (χ3n) is 4.92. The van der Waals surface area contributed by atoms with E-state index in [1.165, 1.54) is 37.1 Å². The van der Waals surface area contributed by atoms with Crippen LogP contribution in [0.5, 0.6) is 0 Å². The van der Waals surface area contributed by atoms with Gasteiger partial charge in [-0.2, -0.15) is 5.10 Å². The van der Waals surface area contributed by atoms with Crippen LogP contribution in [0.15, 0.2) is 6.07 Å². The van der Waals surface area contributed by atoms with Crippen LogP contribution in [0.1, 0.15) is 57.8 Å². The molecule has 0 aromatic carbocycles. The highest BCUT2D eigenvalue weighted by Gasteiger charge is 2.26. The average molecular weight is 277 g/mol. The first kappa shape index (κ1) is 15.6. The highest BCUT2D eigenvalue weighted by molar-refractivity contribution is 5.12. The van der Waals surface area contributed by atoms with Gasteiger partial charge in [0.1, 0.15) is 0 Å². The molecule has 1 aromatic rings. The molecular weight excluding hydrogens is 246 g/mol. The molecule has 20 heavy (non-hydrogen) atoms. The van der Waals surface area contributed by atoms with Crippen molar-refractivity contribution < 1.29 is 0 Å². The molecule has 3 unspecified atom stereocenters. The van der Waals surface area contributed by atoms with Crippen molar-refractivity contribution in [2.45, 2.75) is 71.9 Å². The van der Waals surface area contributed by atoms with Crippen molar-refractivity contribution in [3.63, 3.8) is 0 Å². The molecule has 1 aliphatic rings. The van der Waals surface area contributed by atoms with E-state index in [9.17, 15) is 0 Å². The Morgan fingerprint density at radius 2 is 2.20 bits per heavy atom. The van der Waals surface area contributed by atoms with Gasteiger partial charge in [-0.15, -0.1) is 0 Å². The number of nitrogens with zero attached hydrogens (tertiary/aromatic N) is 2. The molecule has 0 aliphatic heterocycles. The predicted octanol–water partition coefficient (Wildman–Crippen LogP) is 3.42. The maximum absolute atomic E-state index is 4.68. The molecule has 3 heteroatoms. The van der Waals surface area contributed by atoms with E-state index in [-0.39, 0.29) is 0 Å². The number of likely N-dealkylation sites (N-methyl/N-ethyl adjacent to an activating group) is 1. The Kier molecular flexibility index (Phi) is 5.64. The second kappa shape index (κ2) is 7.26. The molecule has 0 spiro atoms. The van der Waals surface area contributed by atoms with Crippen molar-refractivity contribution in [1.82, 2.24) is 15.1 Å². The first-order chi connectivity index (χ1) is 9.67. The van der Waals surface area contributed by atoms with Crippen LogP contribution in [-0.4, -0.2) is 22.9 Å². The smallest absolute Gasteiger partial charge is 0.0624 e. The molecule has 3 atom stereocenters. The van der Waals surface area contributed by atoms with E-state index in [4.69, 9.17) is 0 Å². The Morgan fingerprint density at radius 1 is 1.40 bits per heavy atom. The lowest BCUT2D eigenvalue weighted by Gasteiger charge is -2.33. The van der Waals surface area contributed by atoms with Crippen LogP contribution in [0, 0.1) is 11.8 Å². The minimum absolute atomic E-state index is 0.601. The van der Waals surface area contributed by atoms with Crippen molar-refractivity contribution in [1.29, 1.82) is 0 Å². The zero-order valence-corrected chi connectivity index (χ0v) is 13.7. The summed E-state index contributed by atoms with van der Waals surface area (Å²) < 4.78 is 2.19. The standard InChI is InChI=1S/C17H31N3/c1-5-15-11-16(20(6-2)19-15)12-17(18-4)14-9-7-8-13(3)10-14/h11,13-14,17-18H,5-10,12H2,1-4H3. The largest absolute Gasteiger partial charge is 0.316 e. The summed E-state index contributed by atoms with van der Waals surface area (Å²) in [6.45, 7) is 7.76. The third-order valence-corrected chi connectivity index (χ3v) is 4.92. The number of rotatable bonds is 6. The van der Waals surface area contributed by atoms with E-state index in [1.807, 2.05) is 0 Å². The highest BCUT2D eigenvalue weighted by Crippen LogP contribution is 2.31. The molecule has 1 saturated carbocycles. The number of hydrogen-bond donors (Lipinski definition) is 1. The Hall–Kier alpha value is -0.830.